The van der Waals surface area contributed by atoms with Crippen molar-refractivity contribution in [2.75, 3.05) is 21.3 Å². The van der Waals surface area contributed by atoms with Crippen molar-refractivity contribution >= 4 is 22.8 Å². The molecular weight excluding hydrogens is 412 g/mol. The molecule has 0 aliphatic heterocycles. The van der Waals surface area contributed by atoms with Gasteiger partial charge in [-0.3, -0.25) is 14.4 Å². The maximum Gasteiger partial charge on any atom is 0.294 e. The summed E-state index contributed by atoms with van der Waals surface area (Å²) >= 11 is 0. The zero-order chi connectivity index (χ0) is 22.1. The number of benzene rings is 2. The van der Waals surface area contributed by atoms with E-state index in [1.165, 1.54) is 50.3 Å². The highest BCUT2D eigenvalue weighted by Gasteiger charge is 2.14. The number of nitrogens with zero attached hydrogens (tertiary/aromatic N) is 1. The van der Waals surface area contributed by atoms with Crippen LogP contribution in [0.2, 0.25) is 0 Å². The minimum Gasteiger partial charge on any atom is -0.493 e. The van der Waals surface area contributed by atoms with Gasteiger partial charge in [0.1, 0.15) is 0 Å². The van der Waals surface area contributed by atoms with Gasteiger partial charge in [0.25, 0.3) is 15.7 Å². The molecule has 1 aromatic heterocycles. The second-order valence-corrected chi connectivity index (χ2v) is 7.64. The molecule has 9 nitrogen and oxygen atoms in total. The third kappa shape index (κ3) is 3.95. The van der Waals surface area contributed by atoms with E-state index in [1.54, 1.807) is 18.2 Å². The van der Waals surface area contributed by atoms with Gasteiger partial charge in [0.15, 0.2) is 11.5 Å². The lowest BCUT2D eigenvalue weighted by molar-refractivity contribution is 0.324. The first-order chi connectivity index (χ1) is 14.2. The van der Waals surface area contributed by atoms with E-state index in [0.29, 0.717) is 39.1 Å². The Labute approximate surface area is 172 Å². The molecule has 3 rings (SSSR count). The lowest BCUT2D eigenvalue weighted by Crippen LogP contribution is -2.33. The van der Waals surface area contributed by atoms with E-state index in [4.69, 9.17) is 18.8 Å². The molecule has 158 valence electrons. The quantitative estimate of drug-likeness (QED) is 0.550. The minimum absolute atomic E-state index is 0.273. The van der Waals surface area contributed by atoms with Crippen LogP contribution in [0.25, 0.3) is 18.3 Å². The van der Waals surface area contributed by atoms with Crippen molar-refractivity contribution in [2.45, 2.75) is 4.90 Å². The largest absolute Gasteiger partial charge is 0.493 e. The lowest BCUT2D eigenvalue weighted by Gasteiger charge is -2.12. The van der Waals surface area contributed by atoms with Crippen LogP contribution in [0, 0.1) is 0 Å². The Balaban J connectivity index is 2.14. The van der Waals surface area contributed by atoms with Gasteiger partial charge in [-0.25, -0.2) is 4.68 Å². The predicted octanol–water partition coefficient (Wildman–Crippen LogP) is 0.677. The summed E-state index contributed by atoms with van der Waals surface area (Å²) in [5.74, 6) is 1.30. The van der Waals surface area contributed by atoms with Crippen LogP contribution < -0.4 is 30.3 Å². The van der Waals surface area contributed by atoms with Crippen LogP contribution in [0.5, 0.6) is 17.2 Å². The molecule has 0 saturated heterocycles. The molecule has 0 amide bonds. The summed E-state index contributed by atoms with van der Waals surface area (Å²) in [6, 6.07) is 8.57. The molecule has 0 spiro atoms. The van der Waals surface area contributed by atoms with Crippen molar-refractivity contribution in [1.29, 1.82) is 0 Å². The average Bonchev–Trinajstić information content (AvgIpc) is 3.00. The number of hydrogen-bond acceptors (Lipinski definition) is 6. The van der Waals surface area contributed by atoms with Crippen LogP contribution in [0.3, 0.4) is 0 Å². The Hall–Kier alpha value is -3.50. The molecule has 3 aromatic rings. The van der Waals surface area contributed by atoms with E-state index >= 15 is 0 Å². The number of methoxy groups -OCH3 is 3. The van der Waals surface area contributed by atoms with Crippen molar-refractivity contribution in [2.24, 2.45) is 0 Å². The molecule has 0 atom stereocenters. The number of H-pyrrole nitrogens is 1. The zero-order valence-corrected chi connectivity index (χ0v) is 17.3. The third-order valence-corrected chi connectivity index (χ3v) is 5.26. The molecule has 0 saturated carbocycles. The zero-order valence-electron chi connectivity index (χ0n) is 16.5. The van der Waals surface area contributed by atoms with Crippen molar-refractivity contribution in [3.8, 4) is 22.9 Å². The molecule has 0 aliphatic rings. The van der Waals surface area contributed by atoms with E-state index < -0.39 is 15.7 Å². The van der Waals surface area contributed by atoms with Gasteiger partial charge in [-0.05, 0) is 48.0 Å². The second-order valence-electron chi connectivity index (χ2n) is 6.22. The van der Waals surface area contributed by atoms with E-state index in [9.17, 15) is 13.2 Å². The molecule has 10 heteroatoms. The van der Waals surface area contributed by atoms with Crippen LogP contribution >= 0.6 is 0 Å². The fourth-order valence-electron chi connectivity index (χ4n) is 2.94. The van der Waals surface area contributed by atoms with Gasteiger partial charge in [0.05, 0.1) is 42.5 Å². The van der Waals surface area contributed by atoms with E-state index in [-0.39, 0.29) is 4.90 Å². The van der Waals surface area contributed by atoms with Crippen molar-refractivity contribution in [1.82, 2.24) is 9.78 Å². The molecule has 0 bridgehead atoms. The average molecular weight is 432 g/mol. The molecule has 30 heavy (non-hydrogen) atoms. The maximum atomic E-state index is 12.9. The number of rotatable bonds is 6. The molecule has 1 heterocycles. The van der Waals surface area contributed by atoms with Crippen LogP contribution in [-0.4, -0.2) is 44.1 Å². The Bertz CT molecular complexity index is 1330. The monoisotopic (exact) mass is 432 g/mol. The third-order valence-electron chi connectivity index (χ3n) is 4.40. The molecule has 2 N–H and O–H groups in total. The van der Waals surface area contributed by atoms with Gasteiger partial charge >= 0.3 is 0 Å². The van der Waals surface area contributed by atoms with E-state index in [2.05, 4.69) is 11.7 Å². The summed E-state index contributed by atoms with van der Waals surface area (Å²) in [6.45, 7) is 3.87. The molecule has 0 fully saturated rings. The van der Waals surface area contributed by atoms with Crippen molar-refractivity contribution < 1.29 is 27.2 Å². The first kappa shape index (κ1) is 21.2. The SMILES string of the molecule is C=c1[nH]n(-c2ccc(S(=O)(=O)O)cc2)c(=O)/c1=C\c1cc(OC)c(OC)c(OC)c1. The topological polar surface area (TPSA) is 120 Å². The Morgan fingerprint density at radius 3 is 2.07 bits per heavy atom. The normalized spacial score (nSPS) is 12.1. The summed E-state index contributed by atoms with van der Waals surface area (Å²) in [5, 5.41) is 3.50. The lowest BCUT2D eigenvalue weighted by atomic mass is 10.1. The fraction of sp³-hybridized carbons (Fsp3) is 0.150. The molecule has 2 aromatic carbocycles. The van der Waals surface area contributed by atoms with Crippen LogP contribution in [0.15, 0.2) is 46.1 Å². The summed E-state index contributed by atoms with van der Waals surface area (Å²) in [5.41, 5.74) is 0.606. The van der Waals surface area contributed by atoms with Gasteiger partial charge in [-0.2, -0.15) is 8.42 Å². The highest BCUT2D eigenvalue weighted by Crippen LogP contribution is 2.38. The maximum absolute atomic E-state index is 12.9. The van der Waals surface area contributed by atoms with E-state index in [0.717, 1.165) is 0 Å². The Kier molecular flexibility index (Phi) is 5.72. The van der Waals surface area contributed by atoms with Gasteiger partial charge in [-0.15, -0.1) is 0 Å². The summed E-state index contributed by atoms with van der Waals surface area (Å²) in [6.07, 6.45) is 1.62. The van der Waals surface area contributed by atoms with E-state index in [1.807, 2.05) is 0 Å². The number of aromatic nitrogens is 2. The van der Waals surface area contributed by atoms with Gasteiger partial charge < -0.3 is 14.2 Å². The highest BCUT2D eigenvalue weighted by molar-refractivity contribution is 7.85. The van der Waals surface area contributed by atoms with Gasteiger partial charge in [0.2, 0.25) is 5.75 Å². The number of aromatic amines is 1. The van der Waals surface area contributed by atoms with Crippen molar-refractivity contribution in [3.05, 3.63) is 62.9 Å². The Morgan fingerprint density at radius 1 is 1.03 bits per heavy atom. The predicted molar refractivity (Wildman–Crippen MR) is 111 cm³/mol. The van der Waals surface area contributed by atoms with Crippen molar-refractivity contribution in [3.63, 3.8) is 0 Å². The summed E-state index contributed by atoms with van der Waals surface area (Å²) in [7, 11) is 0.158. The van der Waals surface area contributed by atoms with Gasteiger partial charge in [0, 0.05) is 0 Å². The van der Waals surface area contributed by atoms with Crippen LogP contribution in [0.4, 0.5) is 0 Å². The number of ether oxygens (including phenoxy) is 3. The smallest absolute Gasteiger partial charge is 0.294 e. The standard InChI is InChI=1S/C20H20N2O7S/c1-12-16(9-13-10-17(27-2)19(29-4)18(11-13)28-3)20(23)22(21-12)14-5-7-15(8-6-14)30(24,25)26/h5-11,21H,1H2,2-4H3,(H,24,25,26)/b16-9-. The Morgan fingerprint density at radius 2 is 1.60 bits per heavy atom. The molecule has 0 radical (unpaired) electrons. The summed E-state index contributed by atoms with van der Waals surface area (Å²) < 4.78 is 48.7. The minimum atomic E-state index is -4.32. The number of hydrogen-bond donors (Lipinski definition) is 2. The molecule has 0 aliphatic carbocycles. The fourth-order valence-corrected chi connectivity index (χ4v) is 3.42. The second kappa shape index (κ2) is 8.09. The summed E-state index contributed by atoms with van der Waals surface area (Å²) in [4.78, 5) is 12.6. The molecular formula is C20H20N2O7S. The first-order valence-electron chi connectivity index (χ1n) is 8.59. The molecule has 0 unspecified atom stereocenters. The number of nitrogens with one attached hydrogen (secondary N) is 1. The highest BCUT2D eigenvalue weighted by atomic mass is 32.2. The van der Waals surface area contributed by atoms with Crippen LogP contribution in [0.1, 0.15) is 5.56 Å². The van der Waals surface area contributed by atoms with Crippen LogP contribution in [-0.2, 0) is 10.1 Å². The first-order valence-corrected chi connectivity index (χ1v) is 10.0. The van der Waals surface area contributed by atoms with Gasteiger partial charge in [-0.1, -0.05) is 6.58 Å².